The van der Waals surface area contributed by atoms with Gasteiger partial charge in [0.25, 0.3) is 5.56 Å². The molecule has 3 aromatic heterocycles. The minimum Gasteiger partial charge on any atom is -0.493 e. The summed E-state index contributed by atoms with van der Waals surface area (Å²) in [5.74, 6) is 1.32. The number of aromatic nitrogens is 4. The highest BCUT2D eigenvalue weighted by Gasteiger charge is 2.23. The molecule has 10 nitrogen and oxygen atoms in total. The van der Waals surface area contributed by atoms with E-state index in [1.54, 1.807) is 43.5 Å². The number of rotatable bonds is 4. The summed E-state index contributed by atoms with van der Waals surface area (Å²) in [6.45, 7) is 1.03. The van der Waals surface area contributed by atoms with E-state index in [0.29, 0.717) is 53.4 Å². The van der Waals surface area contributed by atoms with Gasteiger partial charge in [-0.2, -0.15) is 0 Å². The molecule has 1 aliphatic rings. The van der Waals surface area contributed by atoms with Gasteiger partial charge < -0.3 is 29.2 Å². The Labute approximate surface area is 217 Å². The smallest absolute Gasteiger partial charge is 0.322 e. The maximum atomic E-state index is 13.1. The molecule has 1 aliphatic heterocycles. The summed E-state index contributed by atoms with van der Waals surface area (Å²) in [5.41, 5.74) is 5.39. The molecule has 0 unspecified atom stereocenters. The Morgan fingerprint density at radius 3 is 2.66 bits per heavy atom. The molecule has 38 heavy (non-hydrogen) atoms. The quantitative estimate of drug-likeness (QED) is 0.377. The zero-order valence-electron chi connectivity index (χ0n) is 21.2. The van der Waals surface area contributed by atoms with Crippen molar-refractivity contribution in [1.29, 1.82) is 0 Å². The highest BCUT2D eigenvalue weighted by Crippen LogP contribution is 2.33. The van der Waals surface area contributed by atoms with Crippen LogP contribution in [-0.4, -0.2) is 51.2 Å². The van der Waals surface area contributed by atoms with E-state index in [1.807, 2.05) is 42.1 Å². The van der Waals surface area contributed by atoms with Crippen molar-refractivity contribution in [3.8, 4) is 22.8 Å². The maximum absolute atomic E-state index is 13.1. The number of pyridine rings is 1. The number of H-pyrrole nitrogens is 1. The molecule has 0 radical (unpaired) electrons. The van der Waals surface area contributed by atoms with Crippen LogP contribution in [0.15, 0.2) is 59.7 Å². The lowest BCUT2D eigenvalue weighted by molar-refractivity contribution is 0.206. The third-order valence-corrected chi connectivity index (χ3v) is 6.94. The van der Waals surface area contributed by atoms with E-state index in [1.165, 1.54) is 0 Å². The third-order valence-electron chi connectivity index (χ3n) is 6.94. The van der Waals surface area contributed by atoms with Crippen LogP contribution in [0.4, 0.5) is 10.5 Å². The average Bonchev–Trinajstić information content (AvgIpc) is 3.27. The van der Waals surface area contributed by atoms with E-state index in [-0.39, 0.29) is 11.6 Å². The van der Waals surface area contributed by atoms with Crippen LogP contribution in [0.5, 0.6) is 11.5 Å². The Kier molecular flexibility index (Phi) is 5.71. The number of nitrogens with zero attached hydrogens (tertiary/aromatic N) is 4. The summed E-state index contributed by atoms with van der Waals surface area (Å²) >= 11 is 0. The van der Waals surface area contributed by atoms with Crippen LogP contribution in [0.2, 0.25) is 0 Å². The molecule has 0 saturated heterocycles. The van der Waals surface area contributed by atoms with Crippen molar-refractivity contribution < 1.29 is 14.3 Å². The zero-order chi connectivity index (χ0) is 26.4. The number of urea groups is 1. The first-order chi connectivity index (χ1) is 18.4. The van der Waals surface area contributed by atoms with Crippen LogP contribution >= 0.6 is 0 Å². The number of fused-ring (bicyclic) bond motifs is 3. The summed E-state index contributed by atoms with van der Waals surface area (Å²) in [4.78, 5) is 39.8. The molecule has 0 spiro atoms. The number of ether oxygens (including phenoxy) is 2. The molecule has 4 heterocycles. The van der Waals surface area contributed by atoms with Gasteiger partial charge in [-0.15, -0.1) is 0 Å². The Bertz CT molecular complexity index is 1770. The van der Waals surface area contributed by atoms with Gasteiger partial charge in [-0.05, 0) is 60.0 Å². The molecule has 0 atom stereocenters. The van der Waals surface area contributed by atoms with Crippen molar-refractivity contribution in [2.45, 2.75) is 13.0 Å². The van der Waals surface area contributed by atoms with Gasteiger partial charge in [0, 0.05) is 49.2 Å². The monoisotopic (exact) mass is 510 g/mol. The topological polar surface area (TPSA) is 114 Å². The number of nitrogens with one attached hydrogen (secondary N) is 2. The van der Waals surface area contributed by atoms with Crippen LogP contribution in [0.1, 0.15) is 11.1 Å². The van der Waals surface area contributed by atoms with Crippen LogP contribution < -0.4 is 20.3 Å². The van der Waals surface area contributed by atoms with Crippen molar-refractivity contribution in [2.24, 2.45) is 7.05 Å². The summed E-state index contributed by atoms with van der Waals surface area (Å²) in [6, 6.07) is 12.7. The van der Waals surface area contributed by atoms with Crippen molar-refractivity contribution in [3.05, 3.63) is 76.3 Å². The van der Waals surface area contributed by atoms with Crippen molar-refractivity contribution in [3.63, 3.8) is 0 Å². The predicted molar refractivity (Wildman–Crippen MR) is 145 cm³/mol. The number of carbonyl (C=O) groups is 1. The van der Waals surface area contributed by atoms with E-state index in [2.05, 4.69) is 20.3 Å². The Morgan fingerprint density at radius 2 is 1.87 bits per heavy atom. The highest BCUT2D eigenvalue weighted by atomic mass is 16.5. The van der Waals surface area contributed by atoms with Crippen LogP contribution in [0, 0.1) is 0 Å². The fraction of sp³-hybridized carbons (Fsp3) is 0.214. The normalized spacial score (nSPS) is 13.0. The fourth-order valence-corrected chi connectivity index (χ4v) is 5.01. The fourth-order valence-electron chi connectivity index (χ4n) is 5.01. The Morgan fingerprint density at radius 1 is 1.08 bits per heavy atom. The van der Waals surface area contributed by atoms with E-state index >= 15 is 0 Å². The van der Waals surface area contributed by atoms with Gasteiger partial charge in [0.1, 0.15) is 11.3 Å². The van der Waals surface area contributed by atoms with Crippen LogP contribution in [0.25, 0.3) is 33.3 Å². The molecule has 0 bridgehead atoms. The number of anilines is 1. The zero-order valence-corrected chi connectivity index (χ0v) is 21.2. The number of benzene rings is 2. The number of hydrogen-bond acceptors (Lipinski definition) is 6. The van der Waals surface area contributed by atoms with Gasteiger partial charge in [0.15, 0.2) is 11.5 Å². The molecule has 0 aliphatic carbocycles. The molecule has 0 fully saturated rings. The van der Waals surface area contributed by atoms with Gasteiger partial charge in [-0.1, -0.05) is 0 Å². The molecule has 2 aromatic carbocycles. The van der Waals surface area contributed by atoms with Crippen LogP contribution in [-0.2, 0) is 20.0 Å². The van der Waals surface area contributed by atoms with Gasteiger partial charge in [-0.25, -0.2) is 14.8 Å². The third kappa shape index (κ3) is 4.00. The summed E-state index contributed by atoms with van der Waals surface area (Å²) in [5, 5.41) is 3.81. The second-order valence-corrected chi connectivity index (χ2v) is 9.25. The summed E-state index contributed by atoms with van der Waals surface area (Å²) < 4.78 is 12.7. The summed E-state index contributed by atoms with van der Waals surface area (Å²) in [7, 11) is 5.09. The van der Waals surface area contributed by atoms with Gasteiger partial charge in [-0.3, -0.25) is 4.79 Å². The average molecular weight is 511 g/mol. The second-order valence-electron chi connectivity index (χ2n) is 9.25. The molecule has 0 saturated carbocycles. The molecule has 2 amide bonds. The van der Waals surface area contributed by atoms with Crippen LogP contribution in [0.3, 0.4) is 0 Å². The van der Waals surface area contributed by atoms with Crippen molar-refractivity contribution in [2.75, 3.05) is 26.1 Å². The number of amides is 2. The standard InChI is InChI=1S/C28H26N6O4/c1-33-15-20(19-5-4-9-29-26(19)33)25-27(35)32-22-13-18(6-7-21(22)31-25)30-28(36)34-10-8-16-11-23(37-2)24(38-3)12-17(16)14-34/h4-7,9,11-13,15H,8,10,14H2,1-3H3,(H,30,36)(H,32,35). The number of hydrogen-bond donors (Lipinski definition) is 2. The number of methoxy groups -OCH3 is 2. The Balaban J connectivity index is 1.25. The number of carbonyl (C=O) groups excluding carboxylic acids is 1. The van der Waals surface area contributed by atoms with E-state index < -0.39 is 0 Å². The summed E-state index contributed by atoms with van der Waals surface area (Å²) in [6.07, 6.45) is 4.29. The largest absolute Gasteiger partial charge is 0.493 e. The molecule has 5 aromatic rings. The van der Waals surface area contributed by atoms with Crippen molar-refractivity contribution >= 4 is 33.8 Å². The molecule has 192 valence electrons. The second kappa shape index (κ2) is 9.22. The predicted octanol–water partition coefficient (Wildman–Crippen LogP) is 4.08. The Hall–Kier alpha value is -4.86. The molecular formula is C28H26N6O4. The lowest BCUT2D eigenvalue weighted by atomic mass is 9.99. The first kappa shape index (κ1) is 23.5. The molecule has 2 N–H and O–H groups in total. The van der Waals surface area contributed by atoms with E-state index in [0.717, 1.165) is 27.7 Å². The van der Waals surface area contributed by atoms with Gasteiger partial charge in [0.05, 0.1) is 25.3 Å². The molecule has 6 rings (SSSR count). The van der Waals surface area contributed by atoms with E-state index in [9.17, 15) is 9.59 Å². The first-order valence-corrected chi connectivity index (χ1v) is 12.2. The lowest BCUT2D eigenvalue weighted by Crippen LogP contribution is -2.38. The SMILES string of the molecule is COc1cc2c(cc1OC)CN(C(=O)Nc1ccc3nc(-c4cn(C)c5ncccc45)c(=O)[nH]c3c1)CC2. The minimum absolute atomic E-state index is 0.222. The molecular weight excluding hydrogens is 484 g/mol. The lowest BCUT2D eigenvalue weighted by Gasteiger charge is -2.29. The maximum Gasteiger partial charge on any atom is 0.322 e. The van der Waals surface area contributed by atoms with Gasteiger partial charge in [0.2, 0.25) is 0 Å². The van der Waals surface area contributed by atoms with Crippen molar-refractivity contribution in [1.82, 2.24) is 24.4 Å². The highest BCUT2D eigenvalue weighted by molar-refractivity contribution is 5.95. The minimum atomic E-state index is -0.311. The molecule has 10 heteroatoms. The first-order valence-electron chi connectivity index (χ1n) is 12.2. The van der Waals surface area contributed by atoms with E-state index in [4.69, 9.17) is 9.47 Å². The number of aromatic amines is 1. The number of aryl methyl sites for hydroxylation is 1. The van der Waals surface area contributed by atoms with Gasteiger partial charge >= 0.3 is 6.03 Å².